The minimum atomic E-state index is -0.265. The van der Waals surface area contributed by atoms with E-state index >= 15 is 0 Å². The fourth-order valence-electron chi connectivity index (χ4n) is 3.85. The van der Waals surface area contributed by atoms with Gasteiger partial charge in [0.25, 0.3) is 0 Å². The van der Waals surface area contributed by atoms with Crippen molar-refractivity contribution in [1.29, 1.82) is 0 Å². The lowest BCUT2D eigenvalue weighted by atomic mass is 9.82. The molecule has 2 atom stereocenters. The van der Waals surface area contributed by atoms with E-state index in [4.69, 9.17) is 16.3 Å². The van der Waals surface area contributed by atoms with Crippen LogP contribution in [0.2, 0.25) is 5.02 Å². The molecule has 0 saturated carbocycles. The minimum Gasteiger partial charge on any atom is -0.485 e. The van der Waals surface area contributed by atoms with Crippen molar-refractivity contribution in [2.24, 2.45) is 11.8 Å². The molecule has 0 N–H and O–H groups in total. The maximum absolute atomic E-state index is 12.8. The Kier molecular flexibility index (Phi) is 5.24. The van der Waals surface area contributed by atoms with Gasteiger partial charge < -0.3 is 4.74 Å². The highest BCUT2D eigenvalue weighted by molar-refractivity contribution is 6.30. The van der Waals surface area contributed by atoms with Crippen molar-refractivity contribution in [1.82, 2.24) is 0 Å². The first-order valence-corrected chi connectivity index (χ1v) is 9.87. The molecular formula is C23H20ClNO4. The lowest BCUT2D eigenvalue weighted by Gasteiger charge is -2.18. The highest BCUT2D eigenvalue weighted by Crippen LogP contribution is 2.39. The number of allylic oxidation sites excluding steroid dienone is 2. The monoisotopic (exact) mass is 409 g/mol. The predicted octanol–water partition coefficient (Wildman–Crippen LogP) is 4.45. The summed E-state index contributed by atoms with van der Waals surface area (Å²) in [6.07, 6.45) is 3.30. The number of nitrogens with zero attached hydrogens (tertiary/aromatic N) is 1. The van der Waals surface area contributed by atoms with Gasteiger partial charge in [-0.2, -0.15) is 0 Å². The van der Waals surface area contributed by atoms with E-state index in [1.807, 2.05) is 13.0 Å². The van der Waals surface area contributed by atoms with Crippen LogP contribution < -0.4 is 9.64 Å². The molecule has 0 spiro atoms. The van der Waals surface area contributed by atoms with E-state index < -0.39 is 0 Å². The molecule has 148 valence electrons. The number of carbonyl (C=O) groups is 3. The van der Waals surface area contributed by atoms with Gasteiger partial charge >= 0.3 is 0 Å². The Morgan fingerprint density at radius 3 is 2.38 bits per heavy atom. The molecule has 2 aliphatic rings. The van der Waals surface area contributed by atoms with Crippen molar-refractivity contribution in [3.63, 3.8) is 0 Å². The zero-order valence-electron chi connectivity index (χ0n) is 15.9. The highest BCUT2D eigenvalue weighted by Gasteiger charge is 2.48. The molecule has 1 heterocycles. The summed E-state index contributed by atoms with van der Waals surface area (Å²) in [5.74, 6) is -0.485. The van der Waals surface area contributed by atoms with Gasteiger partial charge in [-0.1, -0.05) is 23.3 Å². The van der Waals surface area contributed by atoms with Gasteiger partial charge in [0, 0.05) is 10.6 Å². The van der Waals surface area contributed by atoms with Crippen LogP contribution in [0.3, 0.4) is 0 Å². The van der Waals surface area contributed by atoms with Gasteiger partial charge in [-0.3, -0.25) is 19.3 Å². The maximum Gasteiger partial charge on any atom is 0.238 e. The van der Waals surface area contributed by atoms with Crippen molar-refractivity contribution in [3.8, 4) is 5.75 Å². The van der Waals surface area contributed by atoms with Crippen molar-refractivity contribution >= 4 is 34.9 Å². The third kappa shape index (κ3) is 3.83. The van der Waals surface area contributed by atoms with Gasteiger partial charge in [0.15, 0.2) is 12.4 Å². The lowest BCUT2D eigenvalue weighted by molar-refractivity contribution is -0.122. The number of fused-ring (bicyclic) bond motifs is 1. The molecule has 4 rings (SSSR count). The van der Waals surface area contributed by atoms with Crippen LogP contribution in [-0.2, 0) is 9.59 Å². The second-order valence-electron chi connectivity index (χ2n) is 7.43. The topological polar surface area (TPSA) is 63.7 Å². The molecule has 29 heavy (non-hydrogen) atoms. The molecular weight excluding hydrogens is 390 g/mol. The van der Waals surface area contributed by atoms with Gasteiger partial charge in [0.05, 0.1) is 17.5 Å². The number of anilines is 1. The van der Waals surface area contributed by atoms with Crippen molar-refractivity contribution < 1.29 is 19.1 Å². The van der Waals surface area contributed by atoms with Crippen LogP contribution in [0, 0.1) is 11.8 Å². The summed E-state index contributed by atoms with van der Waals surface area (Å²) in [5, 5.41) is 0.565. The molecule has 2 aromatic carbocycles. The standard InChI is InChI=1S/C23H20ClNO4/c1-14-2-11-19-20(12-14)23(28)25(22(19)27)17-7-9-18(10-8-17)29-13-21(26)15-3-5-16(24)6-4-15/h2-10,19-20H,11-13H2,1H3/t19-,20-/m0/s1. The Hall–Kier alpha value is -2.92. The first kappa shape index (κ1) is 19.4. The molecule has 1 fully saturated rings. The average molecular weight is 410 g/mol. The molecule has 0 aromatic heterocycles. The number of ketones is 1. The first-order chi connectivity index (χ1) is 13.9. The third-order valence-corrected chi connectivity index (χ3v) is 5.71. The Labute approximate surface area is 173 Å². The quantitative estimate of drug-likeness (QED) is 0.416. The zero-order chi connectivity index (χ0) is 20.5. The van der Waals surface area contributed by atoms with Gasteiger partial charge in [0.2, 0.25) is 11.8 Å². The summed E-state index contributed by atoms with van der Waals surface area (Å²) < 4.78 is 5.55. The summed E-state index contributed by atoms with van der Waals surface area (Å²) in [7, 11) is 0. The van der Waals surface area contributed by atoms with Gasteiger partial charge in [0.1, 0.15) is 5.75 Å². The smallest absolute Gasteiger partial charge is 0.238 e. The first-order valence-electron chi connectivity index (χ1n) is 9.49. The van der Waals surface area contributed by atoms with E-state index in [-0.39, 0.29) is 36.0 Å². The Balaban J connectivity index is 1.42. The van der Waals surface area contributed by atoms with E-state index in [2.05, 4.69) is 0 Å². The molecule has 2 aromatic rings. The molecule has 1 aliphatic heterocycles. The van der Waals surface area contributed by atoms with Crippen molar-refractivity contribution in [2.75, 3.05) is 11.5 Å². The van der Waals surface area contributed by atoms with Crippen LogP contribution in [0.1, 0.15) is 30.1 Å². The van der Waals surface area contributed by atoms with Crippen LogP contribution in [0.25, 0.3) is 0 Å². The molecule has 0 radical (unpaired) electrons. The summed E-state index contributed by atoms with van der Waals surface area (Å²) in [6.45, 7) is 1.88. The molecule has 5 nitrogen and oxygen atoms in total. The Morgan fingerprint density at radius 2 is 1.69 bits per heavy atom. The predicted molar refractivity (Wildman–Crippen MR) is 110 cm³/mol. The number of rotatable bonds is 5. The molecule has 1 aliphatic carbocycles. The average Bonchev–Trinajstić information content (AvgIpc) is 2.97. The van der Waals surface area contributed by atoms with Crippen molar-refractivity contribution in [3.05, 3.63) is 70.8 Å². The Morgan fingerprint density at radius 1 is 1.03 bits per heavy atom. The summed E-state index contributed by atoms with van der Waals surface area (Å²) in [4.78, 5) is 39.0. The fourth-order valence-corrected chi connectivity index (χ4v) is 3.98. The number of hydrogen-bond donors (Lipinski definition) is 0. The maximum atomic E-state index is 12.8. The van der Waals surface area contributed by atoms with Crippen molar-refractivity contribution in [2.45, 2.75) is 19.8 Å². The number of amides is 2. The highest BCUT2D eigenvalue weighted by atomic mass is 35.5. The number of halogens is 1. The normalized spacial score (nSPS) is 21.0. The van der Waals surface area contributed by atoms with E-state index in [1.54, 1.807) is 48.5 Å². The van der Waals surface area contributed by atoms with Crippen LogP contribution in [-0.4, -0.2) is 24.2 Å². The van der Waals surface area contributed by atoms with Crippen LogP contribution in [0.15, 0.2) is 60.2 Å². The molecule has 1 saturated heterocycles. The molecule has 0 unspecified atom stereocenters. The van der Waals surface area contributed by atoms with Gasteiger partial charge in [-0.05, 0) is 68.3 Å². The van der Waals surface area contributed by atoms with E-state index in [9.17, 15) is 14.4 Å². The van der Waals surface area contributed by atoms with Gasteiger partial charge in [-0.15, -0.1) is 0 Å². The summed E-state index contributed by atoms with van der Waals surface area (Å²) >= 11 is 5.83. The second kappa shape index (κ2) is 7.84. The number of Topliss-reactive ketones (excluding diaryl/α,β-unsaturated/α-hetero) is 1. The van der Waals surface area contributed by atoms with Crippen LogP contribution in [0.4, 0.5) is 5.69 Å². The Bertz CT molecular complexity index is 995. The second-order valence-corrected chi connectivity index (χ2v) is 7.86. The number of carbonyl (C=O) groups excluding carboxylic acids is 3. The SMILES string of the molecule is CC1=CC[C@@H]2C(=O)N(c3ccc(OCC(=O)c4ccc(Cl)cc4)cc3)C(=O)[C@H]2C1. The molecule has 6 heteroatoms. The van der Waals surface area contributed by atoms with E-state index in [1.165, 1.54) is 4.90 Å². The third-order valence-electron chi connectivity index (χ3n) is 5.45. The van der Waals surface area contributed by atoms with E-state index in [0.717, 1.165) is 5.57 Å². The molecule has 0 bridgehead atoms. The number of benzene rings is 2. The lowest BCUT2D eigenvalue weighted by Crippen LogP contribution is -2.30. The van der Waals surface area contributed by atoms with Gasteiger partial charge in [-0.25, -0.2) is 0 Å². The van der Waals surface area contributed by atoms with E-state index in [0.29, 0.717) is 34.9 Å². The minimum absolute atomic E-state index is 0.113. The number of hydrogen-bond acceptors (Lipinski definition) is 4. The molecule has 2 amide bonds. The summed E-state index contributed by atoms with van der Waals surface area (Å²) in [6, 6.07) is 13.3. The number of imide groups is 1. The largest absolute Gasteiger partial charge is 0.485 e. The zero-order valence-corrected chi connectivity index (χ0v) is 16.7. The van der Waals surface area contributed by atoms with Crippen LogP contribution >= 0.6 is 11.6 Å². The summed E-state index contributed by atoms with van der Waals surface area (Å²) in [5.41, 5.74) is 2.21. The van der Waals surface area contributed by atoms with Crippen LogP contribution in [0.5, 0.6) is 5.75 Å². The number of ether oxygens (including phenoxy) is 1. The fraction of sp³-hybridized carbons (Fsp3) is 0.261.